The van der Waals surface area contributed by atoms with Crippen molar-refractivity contribution >= 4 is 29.8 Å². The van der Waals surface area contributed by atoms with Crippen molar-refractivity contribution in [3.63, 3.8) is 0 Å². The first kappa shape index (κ1) is 50.3. The van der Waals surface area contributed by atoms with E-state index in [1.54, 1.807) is 19.6 Å². The number of nitrogens with zero attached hydrogens (tertiary/aromatic N) is 4. The maximum absolute atomic E-state index is 14.9. The molecule has 6 rings (SSSR count). The van der Waals surface area contributed by atoms with Gasteiger partial charge in [0.25, 0.3) is 0 Å². The topological polar surface area (TPSA) is 211 Å². The molecule has 1 saturated heterocycles. The van der Waals surface area contributed by atoms with Gasteiger partial charge in [-0.25, -0.2) is 0 Å². The Bertz CT molecular complexity index is 1740. The van der Waals surface area contributed by atoms with Crippen LogP contribution in [0, 0.1) is 56.7 Å². The zero-order chi connectivity index (χ0) is 47.0. The summed E-state index contributed by atoms with van der Waals surface area (Å²) < 4.78 is 0. The first-order chi connectivity index (χ1) is 30.0. The van der Waals surface area contributed by atoms with Crippen molar-refractivity contribution in [2.24, 2.45) is 56.7 Å². The van der Waals surface area contributed by atoms with Crippen LogP contribution in [0.4, 0.5) is 0 Å². The van der Waals surface area contributed by atoms with Gasteiger partial charge in [-0.15, -0.1) is 0 Å². The van der Waals surface area contributed by atoms with Crippen LogP contribution in [0.15, 0.2) is 11.6 Å². The lowest BCUT2D eigenvalue weighted by atomic mass is 9.33. The molecule has 4 saturated carbocycles. The number of carbonyl (C=O) groups excluding carboxylic acids is 1. The quantitative estimate of drug-likeness (QED) is 0.108. The molecule has 1 amide bonds. The molecule has 0 aromatic rings. The summed E-state index contributed by atoms with van der Waals surface area (Å²) in [6, 6.07) is -0.949. The van der Waals surface area contributed by atoms with Gasteiger partial charge in [0.2, 0.25) is 5.91 Å². The molecular formula is C49H81N5O10. The fraction of sp³-hybridized carbons (Fsp3) is 0.857. The largest absolute Gasteiger partial charge is 0.480 e. The first-order valence-electron chi connectivity index (χ1n) is 24.5. The second kappa shape index (κ2) is 19.6. The van der Waals surface area contributed by atoms with Gasteiger partial charge in [0.1, 0.15) is 6.04 Å². The van der Waals surface area contributed by atoms with Gasteiger partial charge in [0.15, 0.2) is 0 Å². The number of fused-ring (bicyclic) bond motifs is 7. The molecule has 1 aliphatic heterocycles. The number of aliphatic hydroxyl groups excluding tert-OH is 1. The molecule has 11 atom stereocenters. The maximum atomic E-state index is 14.9. The van der Waals surface area contributed by atoms with Crippen LogP contribution in [-0.4, -0.2) is 166 Å². The summed E-state index contributed by atoms with van der Waals surface area (Å²) >= 11 is 0. The molecule has 0 bridgehead atoms. The second-order valence-corrected chi connectivity index (χ2v) is 22.5. The molecule has 6 N–H and O–H groups in total. The smallest absolute Gasteiger partial charge is 0.320 e. The number of hydrogen-bond acceptors (Lipinski definition) is 10. The zero-order valence-electron chi connectivity index (χ0n) is 39.9. The Balaban J connectivity index is 1.17. The van der Waals surface area contributed by atoms with Gasteiger partial charge in [-0.2, -0.15) is 0 Å². The van der Waals surface area contributed by atoms with Gasteiger partial charge in [0, 0.05) is 58.9 Å². The van der Waals surface area contributed by atoms with Gasteiger partial charge in [-0.3, -0.25) is 43.6 Å². The van der Waals surface area contributed by atoms with Crippen molar-refractivity contribution < 1.29 is 49.5 Å². The predicted octanol–water partition coefficient (Wildman–Crippen LogP) is 4.83. The van der Waals surface area contributed by atoms with Crippen molar-refractivity contribution in [2.45, 2.75) is 131 Å². The van der Waals surface area contributed by atoms with Crippen LogP contribution in [-0.2, 0) is 24.0 Å². The molecule has 5 aliphatic carbocycles. The lowest BCUT2D eigenvalue weighted by molar-refractivity contribution is -0.204. The van der Waals surface area contributed by atoms with Crippen molar-refractivity contribution in [3.05, 3.63) is 11.6 Å². The first-order valence-corrected chi connectivity index (χ1v) is 24.5. The van der Waals surface area contributed by atoms with E-state index in [1.165, 1.54) is 5.57 Å². The molecule has 6 aliphatic rings. The molecule has 1 heterocycles. The number of hydrogen-bond donors (Lipinski definition) is 6. The summed E-state index contributed by atoms with van der Waals surface area (Å²) in [5, 5.41) is 53.9. The van der Waals surface area contributed by atoms with Crippen LogP contribution in [0.1, 0.15) is 119 Å². The van der Waals surface area contributed by atoms with Crippen molar-refractivity contribution in [1.29, 1.82) is 0 Å². The highest BCUT2D eigenvalue weighted by molar-refractivity contribution is 5.84. The Hall–Kier alpha value is -3.11. The number of nitrogens with one attached hydrogen (secondary N) is 1. The molecule has 0 aromatic carbocycles. The Morgan fingerprint density at radius 2 is 1.25 bits per heavy atom. The van der Waals surface area contributed by atoms with Crippen molar-refractivity contribution in [2.75, 3.05) is 78.5 Å². The van der Waals surface area contributed by atoms with Gasteiger partial charge in [-0.1, -0.05) is 60.1 Å². The highest BCUT2D eigenvalue weighted by atomic mass is 16.4. The summed E-state index contributed by atoms with van der Waals surface area (Å²) in [7, 11) is 0. The number of carboxylic acid groups (broad SMARTS) is 4. The highest BCUT2D eigenvalue weighted by Crippen LogP contribution is 2.75. The fourth-order valence-electron chi connectivity index (χ4n) is 14.9. The molecule has 0 aromatic heterocycles. The molecule has 15 heteroatoms. The van der Waals surface area contributed by atoms with Crippen molar-refractivity contribution in [3.8, 4) is 0 Å². The molecule has 3 unspecified atom stereocenters. The number of carbonyl (C=O) groups is 5. The Labute approximate surface area is 381 Å². The third-order valence-electron chi connectivity index (χ3n) is 19.0. The number of aliphatic carboxylic acids is 4. The average molecular weight is 900 g/mol. The predicted molar refractivity (Wildman–Crippen MR) is 242 cm³/mol. The van der Waals surface area contributed by atoms with E-state index >= 15 is 0 Å². The third-order valence-corrected chi connectivity index (χ3v) is 19.0. The van der Waals surface area contributed by atoms with E-state index in [0.29, 0.717) is 36.6 Å². The highest BCUT2D eigenvalue weighted by Gasteiger charge is 2.69. The average Bonchev–Trinajstić information content (AvgIpc) is 3.20. The maximum Gasteiger partial charge on any atom is 0.320 e. The van der Waals surface area contributed by atoms with Crippen LogP contribution in [0.25, 0.3) is 0 Å². The standard InChI is InChI=1S/C49H81N5O10/c1-32-12-17-49(19-18-47(6)34(42(49)33(32)2)10-11-37-46(5)15-14-38(55)45(3,4)36(46)13-16-48(37,47)7)44(64)50-20-8-9-35(43(62)63)54-27-25-52(30-40(58)59)23-21-51(29-39(56)57)22-24-53(26-28-54)31-41(60)61/h10,32-33,35-38,42,55H,8-9,11-31H2,1-7H3,(H,50,64)(H,56,57)(H,58,59)(H,60,61)(H,62,63)/t32-,33-,35?,36?,37?,38-,42-,46-,47-,48+,49-/m0/s1. The van der Waals surface area contributed by atoms with E-state index in [2.05, 4.69) is 59.9 Å². The van der Waals surface area contributed by atoms with Crippen LogP contribution in [0.5, 0.6) is 0 Å². The lowest BCUT2D eigenvalue weighted by Gasteiger charge is -2.71. The van der Waals surface area contributed by atoms with Gasteiger partial charge in [-0.05, 0) is 122 Å². The Kier molecular flexibility index (Phi) is 15.4. The second-order valence-electron chi connectivity index (χ2n) is 22.5. The van der Waals surface area contributed by atoms with Gasteiger partial charge >= 0.3 is 23.9 Å². The fourth-order valence-corrected chi connectivity index (χ4v) is 14.9. The van der Waals surface area contributed by atoms with Crippen LogP contribution in [0.3, 0.4) is 0 Å². The molecule has 5 fully saturated rings. The van der Waals surface area contributed by atoms with E-state index in [4.69, 9.17) is 0 Å². The molecule has 15 nitrogen and oxygen atoms in total. The Morgan fingerprint density at radius 3 is 1.78 bits per heavy atom. The minimum atomic E-state index is -1.04. The number of carboxylic acids is 4. The van der Waals surface area contributed by atoms with E-state index in [9.17, 15) is 49.5 Å². The minimum absolute atomic E-state index is 0.0431. The van der Waals surface area contributed by atoms with E-state index < -0.39 is 35.3 Å². The molecular weight excluding hydrogens is 819 g/mol. The van der Waals surface area contributed by atoms with Gasteiger partial charge in [0.05, 0.1) is 31.2 Å². The summed E-state index contributed by atoms with van der Waals surface area (Å²) in [4.78, 5) is 69.9. The van der Waals surface area contributed by atoms with E-state index in [0.717, 1.165) is 57.8 Å². The zero-order valence-corrected chi connectivity index (χ0v) is 39.9. The van der Waals surface area contributed by atoms with Gasteiger partial charge < -0.3 is 30.8 Å². The number of rotatable bonds is 13. The number of allylic oxidation sites excluding steroid dienone is 2. The molecule has 362 valence electrons. The third kappa shape index (κ3) is 9.67. The normalized spacial score (nSPS) is 38.3. The van der Waals surface area contributed by atoms with Crippen LogP contribution < -0.4 is 5.32 Å². The number of amides is 1. The molecule has 0 radical (unpaired) electrons. The summed E-state index contributed by atoms with van der Waals surface area (Å²) in [6.45, 7) is 18.2. The molecule has 64 heavy (non-hydrogen) atoms. The SMILES string of the molecule is C[C@@H]1[C@H]2C3=CCC4[C@@]5(C)CC[C@H](O)C(C)(C)C5CC[C@@]4(C)[C@@]3(C)CC[C@@]2(C(=O)NCCCC(C(=O)O)N2CCN(CC(=O)O)CCN(CC(=O)O)CCN(CC(=O)O)CC2)CC[C@@H]1C. The summed E-state index contributed by atoms with van der Waals surface area (Å²) in [5.74, 6) is -2.19. The van der Waals surface area contributed by atoms with Crippen molar-refractivity contribution in [1.82, 2.24) is 24.9 Å². The molecule has 0 spiro atoms. The van der Waals surface area contributed by atoms with E-state index in [-0.39, 0.29) is 118 Å². The minimum Gasteiger partial charge on any atom is -0.480 e. The Morgan fingerprint density at radius 1 is 0.703 bits per heavy atom. The van der Waals surface area contributed by atoms with E-state index in [1.807, 2.05) is 0 Å². The monoisotopic (exact) mass is 900 g/mol. The van der Waals surface area contributed by atoms with Crippen LogP contribution >= 0.6 is 0 Å². The van der Waals surface area contributed by atoms with Crippen LogP contribution in [0.2, 0.25) is 0 Å². The summed E-state index contributed by atoms with van der Waals surface area (Å²) in [5.41, 5.74) is 1.00. The lowest BCUT2D eigenvalue weighted by Crippen LogP contribution is -2.66. The number of aliphatic hydroxyl groups is 1. The summed E-state index contributed by atoms with van der Waals surface area (Å²) in [6.07, 6.45) is 11.7.